The first kappa shape index (κ1) is 37.6. The van der Waals surface area contributed by atoms with E-state index in [4.69, 9.17) is 24.5 Å². The number of halogens is 6. The number of carbonyl (C=O) groups is 2. The van der Waals surface area contributed by atoms with Crippen LogP contribution in [0.5, 0.6) is 17.2 Å². The monoisotopic (exact) mass is 705 g/mol. The Labute approximate surface area is 276 Å². The number of benzene rings is 2. The number of nitrogens with one attached hydrogen (secondary N) is 2. The molecule has 0 aliphatic carbocycles. The lowest BCUT2D eigenvalue weighted by Gasteiger charge is -2.50. The zero-order valence-electron chi connectivity index (χ0n) is 26.5. The number of hydrogen-bond donors (Lipinski definition) is 6. The number of aromatic nitrogens is 1. The molecule has 0 amide bonds. The van der Waals surface area contributed by atoms with Crippen LogP contribution in [0.15, 0.2) is 30.3 Å². The number of carboxylic acids is 2. The predicted octanol–water partition coefficient (Wildman–Crippen LogP) is 4.65. The third-order valence-electron chi connectivity index (χ3n) is 9.47. The lowest BCUT2D eigenvalue weighted by molar-refractivity contribution is -1.13. The molecule has 0 bridgehead atoms. The number of H-pyrrole nitrogens is 1. The fourth-order valence-electron chi connectivity index (χ4n) is 7.17. The maximum absolute atomic E-state index is 11.8. The number of aromatic amines is 1. The Morgan fingerprint density at radius 3 is 2.27 bits per heavy atom. The average molecular weight is 706 g/mol. The fourth-order valence-corrected chi connectivity index (χ4v) is 7.17. The highest BCUT2D eigenvalue weighted by molar-refractivity contribution is 5.86. The molecule has 3 aliphatic heterocycles. The quantitative estimate of drug-likeness (QED) is 0.167. The maximum atomic E-state index is 11.8. The Bertz CT molecular complexity index is 1650. The van der Waals surface area contributed by atoms with E-state index in [0.717, 1.165) is 67.2 Å². The average Bonchev–Trinajstić information content (AvgIpc) is 3.39. The number of hydroxylamine groups is 3. The summed E-state index contributed by atoms with van der Waals surface area (Å²) in [4.78, 5) is 21.3. The molecule has 4 heterocycles. The highest BCUT2D eigenvalue weighted by atomic mass is 19.4. The molecule has 0 spiro atoms. The van der Waals surface area contributed by atoms with E-state index in [1.165, 1.54) is 11.3 Å². The zero-order valence-corrected chi connectivity index (χ0v) is 26.5. The number of phenolic OH excluding ortho intramolecular Hbond substituents is 2. The van der Waals surface area contributed by atoms with E-state index in [2.05, 4.69) is 17.2 Å². The van der Waals surface area contributed by atoms with Gasteiger partial charge in [-0.2, -0.15) is 31.0 Å². The van der Waals surface area contributed by atoms with Crippen LogP contribution in [0.3, 0.4) is 0 Å². The molecular weight excluding hydrogens is 668 g/mol. The molecule has 1 aromatic heterocycles. The molecule has 0 saturated carbocycles. The summed E-state index contributed by atoms with van der Waals surface area (Å²) in [6.07, 6.45) is -5.61. The van der Waals surface area contributed by atoms with Crippen LogP contribution in [-0.4, -0.2) is 81.2 Å². The molecule has 5 atom stereocenters. The Morgan fingerprint density at radius 2 is 1.69 bits per heavy atom. The molecule has 17 heteroatoms. The summed E-state index contributed by atoms with van der Waals surface area (Å²) >= 11 is 0. The zero-order chi connectivity index (χ0) is 36.5. The fraction of sp³-hybridized carbons (Fsp3) is 0.500. The molecular formula is C32H37F6N3O8. The number of quaternary nitrogens is 1. The van der Waals surface area contributed by atoms with Crippen LogP contribution in [0, 0.1) is 11.8 Å². The molecule has 1 fully saturated rings. The molecule has 0 unspecified atom stereocenters. The van der Waals surface area contributed by atoms with Crippen molar-refractivity contribution in [3.8, 4) is 17.2 Å². The van der Waals surface area contributed by atoms with Crippen molar-refractivity contribution in [3.63, 3.8) is 0 Å². The summed E-state index contributed by atoms with van der Waals surface area (Å²) in [6.45, 7) is 4.61. The molecule has 2 aromatic carbocycles. The molecule has 6 N–H and O–H groups in total. The van der Waals surface area contributed by atoms with Crippen molar-refractivity contribution in [2.75, 3.05) is 26.7 Å². The van der Waals surface area contributed by atoms with Crippen molar-refractivity contribution in [3.05, 3.63) is 52.7 Å². The number of phenols is 2. The number of rotatable bonds is 4. The van der Waals surface area contributed by atoms with Crippen molar-refractivity contribution in [1.82, 2.24) is 10.3 Å². The van der Waals surface area contributed by atoms with Crippen LogP contribution in [0.1, 0.15) is 60.7 Å². The second-order valence-electron chi connectivity index (χ2n) is 12.4. The van der Waals surface area contributed by atoms with Crippen LogP contribution >= 0.6 is 0 Å². The van der Waals surface area contributed by atoms with Gasteiger partial charge in [0.05, 0.1) is 7.11 Å². The molecule has 3 aliphatic rings. The van der Waals surface area contributed by atoms with E-state index in [0.29, 0.717) is 29.9 Å². The van der Waals surface area contributed by atoms with E-state index in [9.17, 15) is 41.8 Å². The standard InChI is InChI=1S/C28H35N3O4.2C2HF3O2/c1-3-16-15-31(34)9-7-17-12-26(33)27(35-2)14-21(17)25(31)11-18(16)10-24-28-20(6-8-29-24)22-13-19(32)4-5-23(22)30-28;2*3-2(4,5)1(6)7/h4-5,12-14,16,18,24-25,29-30,34H,3,6-11,15H2,1-2H3,(H-,32,33);2*(H,6,7)/t16-,18-,24+,25-,31-;;/m0../s1. The summed E-state index contributed by atoms with van der Waals surface area (Å²) in [5.41, 5.74) is 5.89. The third-order valence-corrected chi connectivity index (χ3v) is 9.47. The van der Waals surface area contributed by atoms with E-state index in [1.807, 2.05) is 24.3 Å². The van der Waals surface area contributed by atoms with Gasteiger partial charge in [0.25, 0.3) is 0 Å². The van der Waals surface area contributed by atoms with Crippen LogP contribution in [0.4, 0.5) is 26.3 Å². The lowest BCUT2D eigenvalue weighted by atomic mass is 9.72. The number of aromatic hydroxyl groups is 2. The van der Waals surface area contributed by atoms with Crippen molar-refractivity contribution >= 4 is 22.8 Å². The van der Waals surface area contributed by atoms with Gasteiger partial charge in [-0.3, -0.25) is 0 Å². The molecule has 3 aromatic rings. The Morgan fingerprint density at radius 1 is 1.04 bits per heavy atom. The van der Waals surface area contributed by atoms with Crippen LogP contribution in [0.2, 0.25) is 0 Å². The largest absolute Gasteiger partial charge is 0.542 e. The molecule has 270 valence electrons. The van der Waals surface area contributed by atoms with E-state index in [-0.39, 0.29) is 22.5 Å². The second kappa shape index (κ2) is 14.3. The van der Waals surface area contributed by atoms with Gasteiger partial charge >= 0.3 is 18.3 Å². The number of nitrogens with zero attached hydrogens (tertiary/aromatic N) is 1. The number of alkyl halides is 6. The van der Waals surface area contributed by atoms with Gasteiger partial charge in [0, 0.05) is 47.0 Å². The number of hydrogen-bond acceptors (Lipinski definition) is 8. The Kier molecular flexibility index (Phi) is 11.0. The van der Waals surface area contributed by atoms with Crippen molar-refractivity contribution in [2.24, 2.45) is 11.8 Å². The lowest BCUT2D eigenvalue weighted by Crippen LogP contribution is -2.58. The minimum absolute atomic E-state index is 0.0104. The summed E-state index contributed by atoms with van der Waals surface area (Å²) in [6, 6.07) is 9.57. The predicted molar refractivity (Wildman–Crippen MR) is 159 cm³/mol. The molecule has 1 saturated heterocycles. The maximum Gasteiger partial charge on any atom is 0.490 e. The number of fused-ring (bicyclic) bond motifs is 6. The summed E-state index contributed by atoms with van der Waals surface area (Å²) in [5.74, 6) is -3.91. The minimum atomic E-state index is -5.19. The second-order valence-corrected chi connectivity index (χ2v) is 12.4. The summed E-state index contributed by atoms with van der Waals surface area (Å²) in [5, 5.41) is 52.9. The topological polar surface area (TPSA) is 175 Å². The summed E-state index contributed by atoms with van der Waals surface area (Å²) < 4.78 is 68.8. The Hall–Kier alpha value is -4.22. The van der Waals surface area contributed by atoms with Gasteiger partial charge in [-0.05, 0) is 73.2 Å². The number of carboxylic acid groups (broad SMARTS) is 2. The van der Waals surface area contributed by atoms with Crippen LogP contribution in [0.25, 0.3) is 10.9 Å². The number of piperidine rings is 1. The van der Waals surface area contributed by atoms with Crippen molar-refractivity contribution in [1.29, 1.82) is 0 Å². The number of carbonyl (C=O) groups excluding carboxylic acids is 1. The van der Waals surface area contributed by atoms with Crippen LogP contribution < -0.4 is 15.2 Å². The van der Waals surface area contributed by atoms with Gasteiger partial charge in [-0.1, -0.05) is 6.92 Å². The number of ether oxygens (including phenoxy) is 1. The normalized spacial score (nSPS) is 24.6. The minimum Gasteiger partial charge on any atom is -0.542 e. The number of aliphatic carboxylic acids is 2. The van der Waals surface area contributed by atoms with Gasteiger partial charge in [0.1, 0.15) is 30.9 Å². The first-order valence-electron chi connectivity index (χ1n) is 15.4. The van der Waals surface area contributed by atoms with E-state index in [1.54, 1.807) is 13.2 Å². The van der Waals surface area contributed by atoms with Crippen molar-refractivity contribution < 1.29 is 70.9 Å². The number of methoxy groups -OCH3 is 1. The van der Waals surface area contributed by atoms with Gasteiger partial charge in [0.15, 0.2) is 11.5 Å². The first-order chi connectivity index (χ1) is 22.8. The van der Waals surface area contributed by atoms with E-state index < -0.39 is 24.3 Å². The van der Waals surface area contributed by atoms with Gasteiger partial charge in [-0.15, -0.1) is 0 Å². The molecule has 11 nitrogen and oxygen atoms in total. The first-order valence-corrected chi connectivity index (χ1v) is 15.4. The molecule has 0 radical (unpaired) electrons. The third kappa shape index (κ3) is 8.33. The summed E-state index contributed by atoms with van der Waals surface area (Å²) in [7, 11) is 1.58. The van der Waals surface area contributed by atoms with Crippen LogP contribution in [-0.2, 0) is 22.4 Å². The Balaban J connectivity index is 0.000000327. The van der Waals surface area contributed by atoms with Gasteiger partial charge in [-0.25, -0.2) is 10.0 Å². The van der Waals surface area contributed by atoms with Gasteiger partial charge < -0.3 is 40.3 Å². The SMILES string of the molecule is CC[C@H]1C[N@@+]2(O)CCc3cc(O)c(OC)cc3[C@@H]2C[C@@H]1C[C@H]1NCCc2c1[nH]c1ccc(O)cc21.O=C(O)C(F)(F)F.O=C([O-])C(F)(F)F. The molecule has 6 rings (SSSR count). The highest BCUT2D eigenvalue weighted by Gasteiger charge is 2.51. The highest BCUT2D eigenvalue weighted by Crippen LogP contribution is 2.50. The van der Waals surface area contributed by atoms with Crippen molar-refractivity contribution in [2.45, 2.75) is 63.5 Å². The van der Waals surface area contributed by atoms with Gasteiger partial charge in [0.2, 0.25) is 0 Å². The van der Waals surface area contributed by atoms with E-state index >= 15 is 0 Å². The smallest absolute Gasteiger partial charge is 0.490 e. The molecule has 49 heavy (non-hydrogen) atoms.